The molecule has 0 radical (unpaired) electrons. The molecule has 28 heavy (non-hydrogen) atoms. The second-order valence-electron chi connectivity index (χ2n) is 7.51. The molecule has 138 valence electrons. The monoisotopic (exact) mass is 382 g/mol. The largest absolute Gasteiger partial charge is 0.319 e. The van der Waals surface area contributed by atoms with Crippen LogP contribution in [0.2, 0.25) is 0 Å². The third kappa shape index (κ3) is 2.70. The van der Waals surface area contributed by atoms with E-state index in [4.69, 9.17) is 17.6 Å². The predicted molar refractivity (Wildman–Crippen MR) is 117 cm³/mol. The first-order valence-electron chi connectivity index (χ1n) is 9.67. The van der Waals surface area contributed by atoms with Gasteiger partial charge in [0.05, 0.1) is 16.8 Å². The van der Waals surface area contributed by atoms with Gasteiger partial charge in [0, 0.05) is 6.20 Å². The van der Waals surface area contributed by atoms with E-state index in [2.05, 4.69) is 102 Å². The molecule has 1 aliphatic carbocycles. The van der Waals surface area contributed by atoms with Crippen LogP contribution in [0.5, 0.6) is 0 Å². The fraction of sp³-hybridized carbons (Fsp3) is 0.160. The van der Waals surface area contributed by atoms with Crippen LogP contribution in [0.3, 0.4) is 0 Å². The Morgan fingerprint density at radius 1 is 0.714 bits per heavy atom. The number of nitrogens with zero attached hydrogens (tertiary/aromatic N) is 2. The summed E-state index contributed by atoms with van der Waals surface area (Å²) in [6.45, 7) is 0. The molecule has 5 rings (SSSR count). The molecule has 1 aromatic heterocycles. The van der Waals surface area contributed by atoms with Gasteiger partial charge < -0.3 is 4.57 Å². The third-order valence-electron chi connectivity index (χ3n) is 5.74. The minimum atomic E-state index is -0.492. The Labute approximate surface area is 171 Å². The minimum absolute atomic E-state index is 0.0684. The summed E-state index contributed by atoms with van der Waals surface area (Å²) in [7, 11) is 0. The molecule has 3 heteroatoms. The fourth-order valence-corrected chi connectivity index (χ4v) is 4.33. The van der Waals surface area contributed by atoms with Gasteiger partial charge in [-0.3, -0.25) is 0 Å². The molecule has 2 nitrogen and oxygen atoms in total. The van der Waals surface area contributed by atoms with E-state index >= 15 is 0 Å². The normalized spacial score (nSPS) is 15.3. The molecular weight excluding hydrogens is 360 g/mol. The fourth-order valence-electron chi connectivity index (χ4n) is 4.11. The standard InChI is InChI=1S/C25H22N2S/c28-24(16-17-24)23-18-27(19-26-23)25(20-10-4-1-5-11-20,21-12-6-2-7-13-21)22-14-8-3-9-15-22/h1-15,18-19,28H,16-17H2. The van der Waals surface area contributed by atoms with Gasteiger partial charge in [0.2, 0.25) is 0 Å². The molecule has 0 amide bonds. The van der Waals surface area contributed by atoms with Crippen LogP contribution in [0, 0.1) is 0 Å². The number of aromatic nitrogens is 2. The smallest absolute Gasteiger partial charge is 0.121 e. The summed E-state index contributed by atoms with van der Waals surface area (Å²) in [6.07, 6.45) is 6.33. The molecule has 0 unspecified atom stereocenters. The van der Waals surface area contributed by atoms with Crippen molar-refractivity contribution < 1.29 is 0 Å². The molecule has 1 fully saturated rings. The highest BCUT2D eigenvalue weighted by molar-refractivity contribution is 7.81. The van der Waals surface area contributed by atoms with Crippen molar-refractivity contribution in [2.45, 2.75) is 23.1 Å². The molecule has 1 aliphatic rings. The summed E-state index contributed by atoms with van der Waals surface area (Å²) in [6, 6.07) is 32.0. The summed E-state index contributed by atoms with van der Waals surface area (Å²) in [4.78, 5) is 4.78. The first-order valence-corrected chi connectivity index (χ1v) is 10.1. The van der Waals surface area contributed by atoms with E-state index in [1.54, 1.807) is 0 Å². The third-order valence-corrected chi connectivity index (χ3v) is 6.42. The van der Waals surface area contributed by atoms with Crippen molar-refractivity contribution >= 4 is 12.6 Å². The van der Waals surface area contributed by atoms with E-state index in [1.807, 2.05) is 6.33 Å². The summed E-state index contributed by atoms with van der Waals surface area (Å²) < 4.78 is 2.19. The van der Waals surface area contributed by atoms with Crippen LogP contribution in [0.15, 0.2) is 104 Å². The summed E-state index contributed by atoms with van der Waals surface area (Å²) in [5.74, 6) is 0. The summed E-state index contributed by atoms with van der Waals surface area (Å²) in [5.41, 5.74) is 4.19. The lowest BCUT2D eigenvalue weighted by atomic mass is 9.77. The van der Waals surface area contributed by atoms with Crippen LogP contribution >= 0.6 is 12.6 Å². The lowest BCUT2D eigenvalue weighted by molar-refractivity contribution is 0.514. The topological polar surface area (TPSA) is 17.8 Å². The molecule has 1 heterocycles. The van der Waals surface area contributed by atoms with E-state index in [0.717, 1.165) is 18.5 Å². The highest BCUT2D eigenvalue weighted by Gasteiger charge is 2.45. The lowest BCUT2D eigenvalue weighted by Crippen LogP contribution is -2.37. The van der Waals surface area contributed by atoms with Gasteiger partial charge in [-0.25, -0.2) is 4.98 Å². The quantitative estimate of drug-likeness (QED) is 0.349. The van der Waals surface area contributed by atoms with Crippen LogP contribution in [-0.2, 0) is 10.3 Å². The molecule has 3 aromatic carbocycles. The van der Waals surface area contributed by atoms with Crippen molar-refractivity contribution in [1.82, 2.24) is 9.55 Å². The average molecular weight is 383 g/mol. The number of imidazole rings is 1. The Kier molecular flexibility index (Phi) is 4.13. The van der Waals surface area contributed by atoms with Gasteiger partial charge in [0.1, 0.15) is 5.54 Å². The van der Waals surface area contributed by atoms with Gasteiger partial charge in [0.25, 0.3) is 0 Å². The molecule has 0 N–H and O–H groups in total. The predicted octanol–water partition coefficient (Wildman–Crippen LogP) is 5.64. The SMILES string of the molecule is SC1(c2cn(C(c3ccccc3)(c3ccccc3)c3ccccc3)cn2)CC1. The van der Waals surface area contributed by atoms with Crippen molar-refractivity contribution in [3.63, 3.8) is 0 Å². The van der Waals surface area contributed by atoms with E-state index < -0.39 is 5.54 Å². The van der Waals surface area contributed by atoms with Gasteiger partial charge in [-0.05, 0) is 29.5 Å². The highest BCUT2D eigenvalue weighted by atomic mass is 32.1. The maximum atomic E-state index is 4.85. The first kappa shape index (κ1) is 17.3. The highest BCUT2D eigenvalue weighted by Crippen LogP contribution is 2.51. The van der Waals surface area contributed by atoms with Crippen molar-refractivity contribution in [1.29, 1.82) is 0 Å². The Bertz CT molecular complexity index is 971. The second-order valence-corrected chi connectivity index (χ2v) is 8.36. The Morgan fingerprint density at radius 3 is 1.54 bits per heavy atom. The molecular formula is C25H22N2S. The van der Waals surface area contributed by atoms with Gasteiger partial charge in [-0.1, -0.05) is 91.0 Å². The maximum absolute atomic E-state index is 4.85. The van der Waals surface area contributed by atoms with Crippen molar-refractivity contribution in [2.75, 3.05) is 0 Å². The van der Waals surface area contributed by atoms with Gasteiger partial charge in [-0.15, -0.1) is 0 Å². The number of rotatable bonds is 5. The zero-order chi connectivity index (χ0) is 19.0. The summed E-state index contributed by atoms with van der Waals surface area (Å²) in [5, 5.41) is 0. The first-order chi connectivity index (χ1) is 13.7. The van der Waals surface area contributed by atoms with E-state index in [0.29, 0.717) is 0 Å². The molecule has 4 aromatic rings. The van der Waals surface area contributed by atoms with Crippen molar-refractivity contribution in [3.05, 3.63) is 126 Å². The van der Waals surface area contributed by atoms with E-state index in [-0.39, 0.29) is 4.75 Å². The number of thiol groups is 1. The Hall–Kier alpha value is -2.78. The molecule has 0 atom stereocenters. The number of hydrogen-bond donors (Lipinski definition) is 1. The number of hydrogen-bond acceptors (Lipinski definition) is 2. The molecule has 1 saturated carbocycles. The molecule has 0 aliphatic heterocycles. The van der Waals surface area contributed by atoms with Crippen LogP contribution in [0.4, 0.5) is 0 Å². The maximum Gasteiger partial charge on any atom is 0.121 e. The van der Waals surface area contributed by atoms with Crippen molar-refractivity contribution in [3.8, 4) is 0 Å². The van der Waals surface area contributed by atoms with Crippen LogP contribution in [0.1, 0.15) is 35.2 Å². The van der Waals surface area contributed by atoms with Gasteiger partial charge in [-0.2, -0.15) is 12.6 Å². The zero-order valence-corrected chi connectivity index (χ0v) is 16.5. The van der Waals surface area contributed by atoms with Gasteiger partial charge in [0.15, 0.2) is 0 Å². The number of benzene rings is 3. The van der Waals surface area contributed by atoms with Crippen LogP contribution < -0.4 is 0 Å². The van der Waals surface area contributed by atoms with E-state index in [9.17, 15) is 0 Å². The Balaban J connectivity index is 1.84. The van der Waals surface area contributed by atoms with Crippen molar-refractivity contribution in [2.24, 2.45) is 0 Å². The van der Waals surface area contributed by atoms with Gasteiger partial charge >= 0.3 is 0 Å². The molecule has 0 bridgehead atoms. The van der Waals surface area contributed by atoms with Crippen LogP contribution in [0.25, 0.3) is 0 Å². The molecule has 0 saturated heterocycles. The van der Waals surface area contributed by atoms with Crippen LogP contribution in [-0.4, -0.2) is 9.55 Å². The second kappa shape index (κ2) is 6.68. The molecule has 0 spiro atoms. The zero-order valence-electron chi connectivity index (χ0n) is 15.6. The lowest BCUT2D eigenvalue weighted by Gasteiger charge is -2.37. The Morgan fingerprint density at radius 2 is 1.14 bits per heavy atom. The average Bonchev–Trinajstić information content (AvgIpc) is 3.31. The van der Waals surface area contributed by atoms with E-state index in [1.165, 1.54) is 16.7 Å². The summed E-state index contributed by atoms with van der Waals surface area (Å²) >= 11 is 4.85. The minimum Gasteiger partial charge on any atom is -0.319 e.